The van der Waals surface area contributed by atoms with Gasteiger partial charge in [-0.2, -0.15) is 0 Å². The van der Waals surface area contributed by atoms with Gasteiger partial charge < -0.3 is 4.57 Å². The molecule has 1 aromatic carbocycles. The lowest BCUT2D eigenvalue weighted by Crippen LogP contribution is -2.37. The maximum absolute atomic E-state index is 14.4. The summed E-state index contributed by atoms with van der Waals surface area (Å²) < 4.78 is 20.9. The van der Waals surface area contributed by atoms with Crippen LogP contribution in [-0.4, -0.2) is 40.1 Å². The molecule has 0 saturated heterocycles. The average Bonchev–Trinajstić information content (AvgIpc) is 2.81. The van der Waals surface area contributed by atoms with Crippen LogP contribution in [0.15, 0.2) is 24.3 Å². The molecule has 2 aromatic rings. The monoisotopic (exact) mass is 335 g/mol. The molecule has 0 radical (unpaired) electrons. The second-order valence-corrected chi connectivity index (χ2v) is 8.50. The van der Waals surface area contributed by atoms with E-state index < -0.39 is 7.44 Å². The Hall–Kier alpha value is -1.09. The molecule has 0 bridgehead atoms. The van der Waals surface area contributed by atoms with E-state index >= 15 is 0 Å². The predicted molar refractivity (Wildman–Crippen MR) is 101 cm³/mol. The molecule has 128 valence electrons. The quantitative estimate of drug-likeness (QED) is 0.716. The number of rotatable bonds is 7. The van der Waals surface area contributed by atoms with Crippen LogP contribution in [0.5, 0.6) is 0 Å². The van der Waals surface area contributed by atoms with E-state index in [1.807, 2.05) is 12.1 Å². The molecule has 23 heavy (non-hydrogen) atoms. The smallest absolute Gasteiger partial charge is 0.248 e. The van der Waals surface area contributed by atoms with E-state index in [-0.39, 0.29) is 0 Å². The number of aryl methyl sites for hydroxylation is 1. The lowest BCUT2D eigenvalue weighted by Gasteiger charge is -2.38. The minimum atomic E-state index is -2.81. The summed E-state index contributed by atoms with van der Waals surface area (Å²) in [6, 6.07) is 8.31. The van der Waals surface area contributed by atoms with Gasteiger partial charge in [-0.1, -0.05) is 45.9 Å². The maximum atomic E-state index is 14.4. The van der Waals surface area contributed by atoms with Gasteiger partial charge in [-0.15, -0.1) is 0 Å². The molecule has 4 nitrogen and oxygen atoms in total. The van der Waals surface area contributed by atoms with Crippen LogP contribution in [0, 0.1) is 6.92 Å². The molecule has 2 rings (SSSR count). The number of nitrogens with zero attached hydrogens (tertiary/aromatic N) is 3. The molecule has 0 fully saturated rings. The minimum absolute atomic E-state index is 0.785. The second-order valence-electron chi connectivity index (χ2n) is 5.83. The van der Waals surface area contributed by atoms with E-state index in [1.54, 1.807) is 0 Å². The summed E-state index contributed by atoms with van der Waals surface area (Å²) in [5.41, 5.74) is 2.26. The van der Waals surface area contributed by atoms with Gasteiger partial charge in [0.2, 0.25) is 7.44 Å². The van der Waals surface area contributed by atoms with Crippen LogP contribution < -0.4 is 5.30 Å². The van der Waals surface area contributed by atoms with Crippen LogP contribution in [0.4, 0.5) is 0 Å². The summed E-state index contributed by atoms with van der Waals surface area (Å²) in [6.07, 6.45) is 0. The van der Waals surface area contributed by atoms with Gasteiger partial charge >= 0.3 is 0 Å². The van der Waals surface area contributed by atoms with Crippen molar-refractivity contribution in [2.24, 2.45) is 7.05 Å². The first-order chi connectivity index (χ1) is 11.0. The Morgan fingerprint density at radius 3 is 1.91 bits per heavy atom. The van der Waals surface area contributed by atoms with Crippen molar-refractivity contribution < 1.29 is 4.57 Å². The first-order valence-electron chi connectivity index (χ1n) is 8.62. The number of hydrogen-bond acceptors (Lipinski definition) is 1. The molecule has 0 amide bonds. The molecule has 0 N–H and O–H groups in total. The van der Waals surface area contributed by atoms with Gasteiger partial charge in [0.15, 0.2) is 0 Å². The fourth-order valence-corrected chi connectivity index (χ4v) is 7.08. The zero-order chi connectivity index (χ0) is 17.2. The highest BCUT2D eigenvalue weighted by atomic mass is 31.2. The van der Waals surface area contributed by atoms with Crippen LogP contribution in [0.3, 0.4) is 0 Å². The topological polar surface area (TPSA) is 28.5 Å². The summed E-state index contributed by atoms with van der Waals surface area (Å²) >= 11 is 0. The molecule has 0 aliphatic rings. The number of fused-ring (bicyclic) bond motifs is 1. The van der Waals surface area contributed by atoms with Gasteiger partial charge in [0.25, 0.3) is 0 Å². The average molecular weight is 335 g/mol. The van der Waals surface area contributed by atoms with Crippen molar-refractivity contribution in [3.63, 3.8) is 0 Å². The molecule has 5 heteroatoms. The lowest BCUT2D eigenvalue weighted by atomic mass is 10.2. The Kier molecular flexibility index (Phi) is 5.72. The van der Waals surface area contributed by atoms with Crippen LogP contribution >= 0.6 is 7.44 Å². The van der Waals surface area contributed by atoms with Crippen molar-refractivity contribution in [2.75, 3.05) is 26.2 Å². The van der Waals surface area contributed by atoms with Crippen LogP contribution in [0.1, 0.15) is 33.4 Å². The highest BCUT2D eigenvalue weighted by Gasteiger charge is 2.39. The molecule has 0 aliphatic heterocycles. The van der Waals surface area contributed by atoms with Crippen molar-refractivity contribution in [3.05, 3.63) is 30.0 Å². The van der Waals surface area contributed by atoms with Crippen molar-refractivity contribution in [1.29, 1.82) is 0 Å². The number of benzene rings is 1. The van der Waals surface area contributed by atoms with Gasteiger partial charge in [0.05, 0.1) is 5.30 Å². The van der Waals surface area contributed by atoms with E-state index in [0.29, 0.717) is 0 Å². The molecule has 0 atom stereocenters. The number of hydrogen-bond donors (Lipinski definition) is 0. The highest BCUT2D eigenvalue weighted by molar-refractivity contribution is 7.67. The van der Waals surface area contributed by atoms with Gasteiger partial charge in [-0.05, 0) is 13.0 Å². The first kappa shape index (κ1) is 18.3. The molecule has 1 heterocycles. The van der Waals surface area contributed by atoms with Crippen molar-refractivity contribution in [2.45, 2.75) is 34.6 Å². The summed E-state index contributed by atoms with van der Waals surface area (Å²) in [4.78, 5) is 0. The Morgan fingerprint density at radius 2 is 1.43 bits per heavy atom. The van der Waals surface area contributed by atoms with Crippen molar-refractivity contribution >= 4 is 23.7 Å². The molecule has 1 aromatic heterocycles. The van der Waals surface area contributed by atoms with E-state index in [4.69, 9.17) is 0 Å². The molecule has 0 aliphatic carbocycles. The normalized spacial score (nSPS) is 12.7. The summed E-state index contributed by atoms with van der Waals surface area (Å²) in [6.45, 7) is 13.6. The zero-order valence-electron chi connectivity index (χ0n) is 15.3. The molecule has 0 saturated carbocycles. The minimum Gasteiger partial charge on any atom is -0.347 e. The van der Waals surface area contributed by atoms with Gasteiger partial charge in [0, 0.05) is 49.8 Å². The van der Waals surface area contributed by atoms with Crippen LogP contribution in [-0.2, 0) is 11.6 Å². The largest absolute Gasteiger partial charge is 0.347 e. The Morgan fingerprint density at radius 1 is 0.957 bits per heavy atom. The zero-order valence-corrected chi connectivity index (χ0v) is 16.2. The Balaban J connectivity index is 2.85. The maximum Gasteiger partial charge on any atom is 0.248 e. The molecular weight excluding hydrogens is 305 g/mol. The van der Waals surface area contributed by atoms with E-state index in [0.717, 1.165) is 48.1 Å². The fraction of sp³-hybridized carbons (Fsp3) is 0.556. The fourth-order valence-electron chi connectivity index (χ4n) is 3.54. The summed E-state index contributed by atoms with van der Waals surface area (Å²) in [5.74, 6) is 0. The van der Waals surface area contributed by atoms with Crippen LogP contribution in [0.25, 0.3) is 10.9 Å². The SMILES string of the molecule is CCN(CC)P(=O)(c1c(C)n(C)c2ccccc12)N(CC)CC. The lowest BCUT2D eigenvalue weighted by molar-refractivity contribution is 0.369. The van der Waals surface area contributed by atoms with E-state index in [1.165, 1.54) is 0 Å². The van der Waals surface area contributed by atoms with Gasteiger partial charge in [-0.3, -0.25) is 4.57 Å². The third-order valence-electron chi connectivity index (χ3n) is 4.88. The predicted octanol–water partition coefficient (Wildman–Crippen LogP) is 3.99. The Labute approximate surface area is 140 Å². The second kappa shape index (κ2) is 7.21. The number of aromatic nitrogens is 1. The van der Waals surface area contributed by atoms with Crippen molar-refractivity contribution in [1.82, 2.24) is 13.9 Å². The molecular formula is C18H30N3OP. The molecule has 0 spiro atoms. The van der Waals surface area contributed by atoms with Crippen molar-refractivity contribution in [3.8, 4) is 0 Å². The first-order valence-corrected chi connectivity index (χ1v) is 10.2. The third-order valence-corrected chi connectivity index (χ3v) is 8.70. The van der Waals surface area contributed by atoms with Gasteiger partial charge in [0.1, 0.15) is 0 Å². The Bertz CT molecular complexity index is 698. The third kappa shape index (κ3) is 2.77. The van der Waals surface area contributed by atoms with E-state index in [2.05, 4.69) is 67.7 Å². The summed E-state index contributed by atoms with van der Waals surface area (Å²) in [7, 11) is -0.743. The summed E-state index contributed by atoms with van der Waals surface area (Å²) in [5, 5.41) is 2.14. The number of para-hydroxylation sites is 1. The van der Waals surface area contributed by atoms with E-state index in [9.17, 15) is 4.57 Å². The molecule has 0 unspecified atom stereocenters. The highest BCUT2D eigenvalue weighted by Crippen LogP contribution is 2.54. The van der Waals surface area contributed by atoms with Gasteiger partial charge in [-0.25, -0.2) is 9.34 Å². The standard InChI is InChI=1S/C18H30N3OP/c1-7-20(8-2)23(22,21(9-3)10-4)18-15(5)19(6)17-14-12-11-13-16(17)18/h11-14H,7-10H2,1-6H3. The van der Waals surface area contributed by atoms with Crippen LogP contribution in [0.2, 0.25) is 0 Å².